The van der Waals surface area contributed by atoms with Crippen LogP contribution in [0.1, 0.15) is 66.2 Å². The summed E-state index contributed by atoms with van der Waals surface area (Å²) < 4.78 is 6.21. The summed E-state index contributed by atoms with van der Waals surface area (Å²) in [4.78, 5) is 13.6. The number of ether oxygens (including phenoxy) is 1. The molecule has 2 aliphatic heterocycles. The monoisotopic (exact) mass is 481 g/mol. The smallest absolute Gasteiger partial charge is 0.125 e. The highest BCUT2D eigenvalue weighted by Gasteiger charge is 2.39. The lowest BCUT2D eigenvalue weighted by Crippen LogP contribution is -2.49. The fourth-order valence-corrected chi connectivity index (χ4v) is 6.73. The first kappa shape index (κ1) is 23.3. The zero-order chi connectivity index (χ0) is 24.5. The second kappa shape index (κ2) is 9.74. The van der Waals surface area contributed by atoms with Gasteiger partial charge in [-0.2, -0.15) is 0 Å². The molecule has 3 aliphatic rings. The van der Waals surface area contributed by atoms with Gasteiger partial charge >= 0.3 is 0 Å². The van der Waals surface area contributed by atoms with E-state index in [1.165, 1.54) is 27.9 Å². The van der Waals surface area contributed by atoms with E-state index in [-0.39, 0.29) is 17.4 Å². The Morgan fingerprint density at radius 2 is 1.67 bits per heavy atom. The van der Waals surface area contributed by atoms with Crippen LogP contribution in [0, 0.1) is 5.92 Å². The molecule has 0 unspecified atom stereocenters. The standard InChI is InChI=1S/C32H35NO3/c34-21-23-14-15-32(36-22-23)16-18-33(19-17-32)27-9-6-25(7-10-27)31-29(24-4-2-1-3-5-24)12-8-26-20-28(35)11-13-30(26)31/h1-7,9-11,13,20-21,23,29,31,35H,8,12,14-19,22H2/t23-,29-,31+/m1/s1. The Labute approximate surface area is 213 Å². The van der Waals surface area contributed by atoms with Gasteiger partial charge in [0, 0.05) is 30.6 Å². The molecule has 4 nitrogen and oxygen atoms in total. The minimum atomic E-state index is -0.0315. The van der Waals surface area contributed by atoms with Gasteiger partial charge in [0.05, 0.1) is 12.2 Å². The number of carbonyl (C=O) groups excluding carboxylic acids is 1. The van der Waals surface area contributed by atoms with E-state index in [2.05, 4.69) is 65.6 Å². The third-order valence-corrected chi connectivity index (χ3v) is 8.88. The molecule has 0 saturated carbocycles. The van der Waals surface area contributed by atoms with Crippen molar-refractivity contribution in [1.29, 1.82) is 0 Å². The normalized spacial score (nSPS) is 25.3. The maximum atomic E-state index is 11.1. The summed E-state index contributed by atoms with van der Waals surface area (Å²) in [5.74, 6) is 1.13. The van der Waals surface area contributed by atoms with Gasteiger partial charge < -0.3 is 19.5 Å². The fraction of sp³-hybridized carbons (Fsp3) is 0.406. The van der Waals surface area contributed by atoms with Crippen molar-refractivity contribution < 1.29 is 14.6 Å². The molecule has 0 bridgehead atoms. The van der Waals surface area contributed by atoms with Gasteiger partial charge in [-0.05, 0) is 91.0 Å². The number of carbonyl (C=O) groups is 1. The molecule has 0 aromatic heterocycles. The summed E-state index contributed by atoms with van der Waals surface area (Å²) in [5, 5.41) is 10.1. The predicted octanol–water partition coefficient (Wildman–Crippen LogP) is 6.22. The molecular formula is C32H35NO3. The van der Waals surface area contributed by atoms with Crippen LogP contribution in [0.3, 0.4) is 0 Å². The van der Waals surface area contributed by atoms with Crippen LogP contribution in [0.15, 0.2) is 72.8 Å². The summed E-state index contributed by atoms with van der Waals surface area (Å²) in [7, 11) is 0. The highest BCUT2D eigenvalue weighted by molar-refractivity contribution is 5.54. The summed E-state index contributed by atoms with van der Waals surface area (Å²) in [6, 6.07) is 26.0. The SMILES string of the molecule is O=C[C@H]1CCC2(CCN(c3ccc([C@@H]4c5ccc(O)cc5CC[C@@H]4c4ccccc4)cc3)CC2)OC1. The molecule has 1 aliphatic carbocycles. The molecule has 0 amide bonds. The number of anilines is 1. The van der Waals surface area contributed by atoms with E-state index in [9.17, 15) is 9.90 Å². The summed E-state index contributed by atoms with van der Waals surface area (Å²) >= 11 is 0. The number of rotatable bonds is 4. The molecule has 36 heavy (non-hydrogen) atoms. The van der Waals surface area contributed by atoms with Gasteiger partial charge in [-0.25, -0.2) is 0 Å². The average Bonchev–Trinajstić information content (AvgIpc) is 2.94. The van der Waals surface area contributed by atoms with E-state index < -0.39 is 0 Å². The molecule has 0 radical (unpaired) electrons. The van der Waals surface area contributed by atoms with Gasteiger partial charge in [0.25, 0.3) is 0 Å². The largest absolute Gasteiger partial charge is 0.508 e. The van der Waals surface area contributed by atoms with Crippen molar-refractivity contribution in [2.24, 2.45) is 5.92 Å². The molecule has 3 aromatic carbocycles. The Morgan fingerprint density at radius 3 is 2.36 bits per heavy atom. The number of nitrogens with zero attached hydrogens (tertiary/aromatic N) is 1. The molecular weight excluding hydrogens is 446 g/mol. The number of hydrogen-bond donors (Lipinski definition) is 1. The van der Waals surface area contributed by atoms with Crippen LogP contribution in [0.2, 0.25) is 0 Å². The van der Waals surface area contributed by atoms with Crippen molar-refractivity contribution in [3.63, 3.8) is 0 Å². The van der Waals surface area contributed by atoms with Gasteiger partial charge in [0.1, 0.15) is 12.0 Å². The number of fused-ring (bicyclic) bond motifs is 1. The van der Waals surface area contributed by atoms with Gasteiger partial charge in [-0.3, -0.25) is 0 Å². The Hall–Kier alpha value is -3.11. The summed E-state index contributed by atoms with van der Waals surface area (Å²) in [6.45, 7) is 2.56. The lowest BCUT2D eigenvalue weighted by molar-refractivity contribution is -0.132. The Morgan fingerprint density at radius 1 is 0.889 bits per heavy atom. The number of phenolic OH excluding ortho intramolecular Hbond substituents is 1. The maximum Gasteiger partial charge on any atom is 0.125 e. The molecule has 2 heterocycles. The number of piperidine rings is 1. The molecule has 186 valence electrons. The molecule has 4 heteroatoms. The zero-order valence-electron chi connectivity index (χ0n) is 20.8. The second-order valence-corrected chi connectivity index (χ2v) is 10.9. The first-order valence-electron chi connectivity index (χ1n) is 13.4. The highest BCUT2D eigenvalue weighted by atomic mass is 16.5. The van der Waals surface area contributed by atoms with Crippen molar-refractivity contribution >= 4 is 12.0 Å². The van der Waals surface area contributed by atoms with E-state index >= 15 is 0 Å². The zero-order valence-corrected chi connectivity index (χ0v) is 20.8. The quantitative estimate of drug-likeness (QED) is 0.450. The average molecular weight is 482 g/mol. The van der Waals surface area contributed by atoms with E-state index in [1.807, 2.05) is 12.1 Å². The van der Waals surface area contributed by atoms with Gasteiger partial charge in [-0.1, -0.05) is 48.5 Å². The number of phenols is 1. The number of aldehydes is 1. The van der Waals surface area contributed by atoms with E-state index in [4.69, 9.17) is 4.74 Å². The molecule has 1 spiro atoms. The number of aromatic hydroxyl groups is 1. The van der Waals surface area contributed by atoms with Crippen LogP contribution in [0.25, 0.3) is 0 Å². The summed E-state index contributed by atoms with van der Waals surface area (Å²) in [5.41, 5.74) is 6.56. The van der Waals surface area contributed by atoms with Crippen molar-refractivity contribution in [2.75, 3.05) is 24.6 Å². The van der Waals surface area contributed by atoms with Crippen molar-refractivity contribution in [2.45, 2.75) is 56.0 Å². The third-order valence-electron chi connectivity index (χ3n) is 8.88. The number of aryl methyl sites for hydroxylation is 1. The minimum absolute atomic E-state index is 0.0315. The minimum Gasteiger partial charge on any atom is -0.508 e. The van der Waals surface area contributed by atoms with Crippen LogP contribution in [-0.4, -0.2) is 36.7 Å². The fourth-order valence-electron chi connectivity index (χ4n) is 6.73. The lowest BCUT2D eigenvalue weighted by atomic mass is 9.69. The van der Waals surface area contributed by atoms with E-state index in [0.717, 1.165) is 57.9 Å². The van der Waals surface area contributed by atoms with E-state index in [1.54, 1.807) is 0 Å². The summed E-state index contributed by atoms with van der Waals surface area (Å²) in [6.07, 6.45) is 7.13. The van der Waals surface area contributed by atoms with Gasteiger partial charge in [0.2, 0.25) is 0 Å². The highest BCUT2D eigenvalue weighted by Crippen LogP contribution is 2.47. The van der Waals surface area contributed by atoms with Crippen LogP contribution in [-0.2, 0) is 16.0 Å². The van der Waals surface area contributed by atoms with Gasteiger partial charge in [-0.15, -0.1) is 0 Å². The Balaban J connectivity index is 1.22. The van der Waals surface area contributed by atoms with Crippen molar-refractivity contribution in [1.82, 2.24) is 0 Å². The molecule has 3 atom stereocenters. The Kier molecular flexibility index (Phi) is 6.30. The van der Waals surface area contributed by atoms with Crippen LogP contribution in [0.4, 0.5) is 5.69 Å². The van der Waals surface area contributed by atoms with Crippen LogP contribution < -0.4 is 4.90 Å². The van der Waals surface area contributed by atoms with Crippen LogP contribution >= 0.6 is 0 Å². The number of benzene rings is 3. The molecule has 2 saturated heterocycles. The lowest BCUT2D eigenvalue weighted by Gasteiger charge is -2.45. The van der Waals surface area contributed by atoms with Crippen LogP contribution in [0.5, 0.6) is 5.75 Å². The molecule has 1 N–H and O–H groups in total. The predicted molar refractivity (Wildman–Crippen MR) is 143 cm³/mol. The first-order valence-corrected chi connectivity index (χ1v) is 13.4. The second-order valence-electron chi connectivity index (χ2n) is 10.9. The molecule has 2 fully saturated rings. The van der Waals surface area contributed by atoms with E-state index in [0.29, 0.717) is 18.3 Å². The third kappa shape index (κ3) is 4.43. The maximum absolute atomic E-state index is 11.1. The molecule has 3 aromatic rings. The first-order chi connectivity index (χ1) is 17.6. The van der Waals surface area contributed by atoms with Crippen molar-refractivity contribution in [3.8, 4) is 5.75 Å². The number of hydrogen-bond acceptors (Lipinski definition) is 4. The van der Waals surface area contributed by atoms with Gasteiger partial charge in [0.15, 0.2) is 0 Å². The topological polar surface area (TPSA) is 49.8 Å². The molecule has 6 rings (SSSR count). The Bertz CT molecular complexity index is 1190. The van der Waals surface area contributed by atoms with Crippen molar-refractivity contribution in [3.05, 3.63) is 95.1 Å².